The Morgan fingerprint density at radius 1 is 1.21 bits per heavy atom. The van der Waals surface area contributed by atoms with Crippen LogP contribution in [0.25, 0.3) is 0 Å². The van der Waals surface area contributed by atoms with Crippen molar-refractivity contribution in [1.82, 2.24) is 0 Å². The van der Waals surface area contributed by atoms with Crippen molar-refractivity contribution in [3.05, 3.63) is 29.6 Å². The molecule has 0 fully saturated rings. The summed E-state index contributed by atoms with van der Waals surface area (Å²) >= 11 is 0. The number of nitrogens with one attached hydrogen (secondary N) is 1. The molecule has 0 bridgehead atoms. The van der Waals surface area contributed by atoms with E-state index in [2.05, 4.69) is 0 Å². The molecule has 0 aliphatic rings. The highest BCUT2D eigenvalue weighted by atomic mass is 35.5. The second-order valence-corrected chi connectivity index (χ2v) is 2.34. The summed E-state index contributed by atoms with van der Waals surface area (Å²) in [5, 5.41) is 0. The molecule has 7 heteroatoms. The van der Waals surface area contributed by atoms with Gasteiger partial charge in [0.15, 0.2) is 0 Å². The molecular weight excluding hydrogens is 224 g/mol. The number of nitrogen functional groups attached to an aromatic ring is 1. The summed E-state index contributed by atoms with van der Waals surface area (Å²) in [4.78, 5) is 0. The van der Waals surface area contributed by atoms with Crippen LogP contribution in [0.15, 0.2) is 18.2 Å². The third kappa shape index (κ3) is 2.74. The number of hydrogen-bond acceptors (Lipinski definition) is 2. The number of halogens is 5. The molecule has 0 unspecified atom stereocenters. The topological polar surface area (TPSA) is 38.0 Å². The molecule has 0 amide bonds. The molecule has 3 N–H and O–H groups in total. The van der Waals surface area contributed by atoms with Crippen molar-refractivity contribution in [3.63, 3.8) is 0 Å². The van der Waals surface area contributed by atoms with Crippen molar-refractivity contribution in [2.24, 2.45) is 5.84 Å². The third-order valence-corrected chi connectivity index (χ3v) is 1.45. The van der Waals surface area contributed by atoms with Gasteiger partial charge in [-0.3, -0.25) is 5.84 Å². The van der Waals surface area contributed by atoms with Crippen molar-refractivity contribution in [2.75, 3.05) is 5.43 Å². The van der Waals surface area contributed by atoms with Crippen LogP contribution in [0.5, 0.6) is 0 Å². The van der Waals surface area contributed by atoms with Gasteiger partial charge in [0.2, 0.25) is 0 Å². The van der Waals surface area contributed by atoms with Gasteiger partial charge in [-0.15, -0.1) is 12.4 Å². The Labute approximate surface area is 83.5 Å². The second kappa shape index (κ2) is 4.47. The summed E-state index contributed by atoms with van der Waals surface area (Å²) in [6.07, 6.45) is -4.49. The largest absolute Gasteiger partial charge is 0.416 e. The predicted octanol–water partition coefficient (Wildman–Crippen LogP) is 2.55. The average Bonchev–Trinajstić information content (AvgIpc) is 2.03. The lowest BCUT2D eigenvalue weighted by Gasteiger charge is -2.08. The van der Waals surface area contributed by atoms with E-state index in [9.17, 15) is 17.6 Å². The highest BCUT2D eigenvalue weighted by molar-refractivity contribution is 5.85. The lowest BCUT2D eigenvalue weighted by Crippen LogP contribution is -2.11. The molecule has 0 aliphatic heterocycles. The Balaban J connectivity index is 0.00000169. The monoisotopic (exact) mass is 230 g/mol. The summed E-state index contributed by atoms with van der Waals surface area (Å²) in [6.45, 7) is 0. The molecule has 0 heterocycles. The molecule has 14 heavy (non-hydrogen) atoms. The van der Waals surface area contributed by atoms with E-state index in [-0.39, 0.29) is 18.1 Å². The molecule has 0 radical (unpaired) electrons. The Bertz CT molecular complexity index is 313. The SMILES string of the molecule is Cl.NNc1cc(C(F)(F)F)ccc1F. The fourth-order valence-electron chi connectivity index (χ4n) is 0.812. The summed E-state index contributed by atoms with van der Waals surface area (Å²) in [7, 11) is 0. The minimum Gasteiger partial charge on any atom is -0.321 e. The fraction of sp³-hybridized carbons (Fsp3) is 0.143. The maximum Gasteiger partial charge on any atom is 0.416 e. The van der Waals surface area contributed by atoms with Crippen LogP contribution in [0.1, 0.15) is 5.56 Å². The zero-order valence-electron chi connectivity index (χ0n) is 6.73. The Hall–Kier alpha value is -1.01. The van der Waals surface area contributed by atoms with Crippen molar-refractivity contribution in [2.45, 2.75) is 6.18 Å². The standard InChI is InChI=1S/C7H6F4N2.ClH/c8-5-2-1-4(7(9,10)11)3-6(5)13-12;/h1-3,13H,12H2;1H. The summed E-state index contributed by atoms with van der Waals surface area (Å²) < 4.78 is 48.8. The van der Waals surface area contributed by atoms with Gasteiger partial charge in [-0.2, -0.15) is 13.2 Å². The second-order valence-electron chi connectivity index (χ2n) is 2.34. The first kappa shape index (κ1) is 13.0. The number of anilines is 1. The van der Waals surface area contributed by atoms with Crippen LogP contribution < -0.4 is 11.3 Å². The van der Waals surface area contributed by atoms with Crippen LogP contribution in [0.3, 0.4) is 0 Å². The Morgan fingerprint density at radius 2 is 1.79 bits per heavy atom. The van der Waals surface area contributed by atoms with Gasteiger partial charge in [0.1, 0.15) is 5.82 Å². The predicted molar refractivity (Wildman–Crippen MR) is 46.5 cm³/mol. The fourth-order valence-corrected chi connectivity index (χ4v) is 0.812. The molecule has 0 saturated carbocycles. The molecule has 0 saturated heterocycles. The van der Waals surface area contributed by atoms with E-state index in [1.54, 1.807) is 0 Å². The molecule has 0 aromatic heterocycles. The lowest BCUT2D eigenvalue weighted by atomic mass is 10.2. The Morgan fingerprint density at radius 3 is 2.21 bits per heavy atom. The van der Waals surface area contributed by atoms with Crippen molar-refractivity contribution in [1.29, 1.82) is 0 Å². The van der Waals surface area contributed by atoms with Crippen LogP contribution in [0.2, 0.25) is 0 Å². The molecule has 2 nitrogen and oxygen atoms in total. The van der Waals surface area contributed by atoms with Crippen LogP contribution in [-0.4, -0.2) is 0 Å². The quantitative estimate of drug-likeness (QED) is 0.442. The molecule has 0 spiro atoms. The minimum absolute atomic E-state index is 0. The molecule has 1 aromatic rings. The van der Waals surface area contributed by atoms with Gasteiger partial charge in [0.05, 0.1) is 11.3 Å². The van der Waals surface area contributed by atoms with Gasteiger partial charge in [-0.05, 0) is 18.2 Å². The zero-order chi connectivity index (χ0) is 10.1. The van der Waals surface area contributed by atoms with Crippen LogP contribution in [0.4, 0.5) is 23.2 Å². The van der Waals surface area contributed by atoms with Crippen LogP contribution in [-0.2, 0) is 6.18 Å². The first-order valence-corrected chi connectivity index (χ1v) is 3.28. The van der Waals surface area contributed by atoms with Gasteiger partial charge in [0.25, 0.3) is 0 Å². The van der Waals surface area contributed by atoms with Crippen molar-refractivity contribution < 1.29 is 17.6 Å². The molecule has 80 valence electrons. The maximum atomic E-state index is 12.6. The Kier molecular flexibility index (Phi) is 4.15. The van der Waals surface area contributed by atoms with Gasteiger partial charge < -0.3 is 5.43 Å². The lowest BCUT2D eigenvalue weighted by molar-refractivity contribution is -0.137. The zero-order valence-corrected chi connectivity index (χ0v) is 7.55. The van der Waals surface area contributed by atoms with E-state index >= 15 is 0 Å². The number of benzene rings is 1. The van der Waals surface area contributed by atoms with E-state index in [4.69, 9.17) is 5.84 Å². The summed E-state index contributed by atoms with van der Waals surface area (Å²) in [5.74, 6) is 3.98. The molecule has 1 rings (SSSR count). The first-order chi connectivity index (χ1) is 5.95. The van der Waals surface area contributed by atoms with Gasteiger partial charge >= 0.3 is 6.18 Å². The summed E-state index contributed by atoms with van der Waals surface area (Å²) in [6, 6.07) is 1.96. The van der Waals surface area contributed by atoms with E-state index in [1.165, 1.54) is 0 Å². The third-order valence-electron chi connectivity index (χ3n) is 1.45. The van der Waals surface area contributed by atoms with Crippen LogP contribution in [0, 0.1) is 5.82 Å². The van der Waals surface area contributed by atoms with Crippen LogP contribution >= 0.6 is 12.4 Å². The summed E-state index contributed by atoms with van der Waals surface area (Å²) in [5.41, 5.74) is 0.510. The number of hydrogen-bond donors (Lipinski definition) is 2. The van der Waals surface area contributed by atoms with E-state index in [0.717, 1.165) is 0 Å². The smallest absolute Gasteiger partial charge is 0.321 e. The number of hydrazine groups is 1. The highest BCUT2D eigenvalue weighted by Crippen LogP contribution is 2.31. The van der Waals surface area contributed by atoms with E-state index in [0.29, 0.717) is 18.2 Å². The first-order valence-electron chi connectivity index (χ1n) is 3.28. The van der Waals surface area contributed by atoms with Crippen molar-refractivity contribution >= 4 is 18.1 Å². The molecular formula is C7H7ClF4N2. The molecule has 1 aromatic carbocycles. The molecule has 0 aliphatic carbocycles. The number of nitrogens with two attached hydrogens (primary N) is 1. The van der Waals surface area contributed by atoms with Gasteiger partial charge in [-0.1, -0.05) is 0 Å². The number of rotatable bonds is 1. The normalized spacial score (nSPS) is 10.6. The van der Waals surface area contributed by atoms with Crippen molar-refractivity contribution in [3.8, 4) is 0 Å². The minimum atomic E-state index is -4.49. The average molecular weight is 231 g/mol. The van der Waals surface area contributed by atoms with E-state index < -0.39 is 17.6 Å². The highest BCUT2D eigenvalue weighted by Gasteiger charge is 2.30. The number of alkyl halides is 3. The van der Waals surface area contributed by atoms with Gasteiger partial charge in [0, 0.05) is 0 Å². The van der Waals surface area contributed by atoms with Gasteiger partial charge in [-0.25, -0.2) is 4.39 Å². The van der Waals surface area contributed by atoms with E-state index in [1.807, 2.05) is 5.43 Å². The maximum absolute atomic E-state index is 12.6. The molecule has 0 atom stereocenters.